The van der Waals surface area contributed by atoms with Gasteiger partial charge < -0.3 is 0 Å². The van der Waals surface area contributed by atoms with Crippen LogP contribution in [0.3, 0.4) is 0 Å². The van der Waals surface area contributed by atoms with Crippen LogP contribution in [0.5, 0.6) is 0 Å². The lowest BCUT2D eigenvalue weighted by Gasteiger charge is -2.23. The van der Waals surface area contributed by atoms with Crippen LogP contribution in [0.2, 0.25) is 0 Å². The Hall–Kier alpha value is -3.20. The van der Waals surface area contributed by atoms with Gasteiger partial charge in [0.1, 0.15) is 0 Å². The van der Waals surface area contributed by atoms with Gasteiger partial charge in [-0.3, -0.25) is 9.67 Å². The fraction of sp³-hybridized carbons (Fsp3) is 0.286. The van der Waals surface area contributed by atoms with E-state index in [1.165, 1.54) is 65.4 Å². The molecule has 1 fully saturated rings. The number of benzene rings is 2. The van der Waals surface area contributed by atoms with Crippen LogP contribution in [0.15, 0.2) is 73.1 Å². The minimum Gasteiger partial charge on any atom is -0.265 e. The smallest absolute Gasteiger partial charge is 0.0700 e. The topological polar surface area (TPSA) is 30.7 Å². The van der Waals surface area contributed by atoms with Crippen molar-refractivity contribution in [2.24, 2.45) is 0 Å². The Labute approximate surface area is 184 Å². The van der Waals surface area contributed by atoms with Crippen molar-refractivity contribution in [2.75, 3.05) is 0 Å². The van der Waals surface area contributed by atoms with Crippen LogP contribution in [0.1, 0.15) is 67.5 Å². The fourth-order valence-electron chi connectivity index (χ4n) is 4.81. The minimum atomic E-state index is 0.524. The maximum absolute atomic E-state index is 5.08. The Kier molecular flexibility index (Phi) is 5.66. The molecule has 2 heterocycles. The third-order valence-corrected chi connectivity index (χ3v) is 6.45. The van der Waals surface area contributed by atoms with Gasteiger partial charge in [-0.15, -0.1) is 0 Å². The number of aryl methyl sites for hydroxylation is 1. The number of rotatable bonds is 5. The molecule has 0 bridgehead atoms. The summed E-state index contributed by atoms with van der Waals surface area (Å²) in [5.41, 5.74) is 7.32. The van der Waals surface area contributed by atoms with E-state index in [0.717, 1.165) is 12.0 Å². The van der Waals surface area contributed by atoms with Gasteiger partial charge >= 0.3 is 0 Å². The molecule has 1 saturated carbocycles. The normalized spacial score (nSPS) is 15.5. The van der Waals surface area contributed by atoms with E-state index in [1.807, 2.05) is 12.4 Å². The molecule has 3 nitrogen and oxygen atoms in total. The molecular weight excluding hydrogens is 378 g/mol. The molecule has 0 spiro atoms. The average molecular weight is 408 g/mol. The van der Waals surface area contributed by atoms with E-state index in [4.69, 9.17) is 5.10 Å². The van der Waals surface area contributed by atoms with Crippen LogP contribution in [0.25, 0.3) is 22.6 Å². The maximum atomic E-state index is 5.08. The average Bonchev–Trinajstić information content (AvgIpc) is 3.22. The quantitative estimate of drug-likeness (QED) is 0.354. The van der Waals surface area contributed by atoms with Crippen LogP contribution in [-0.2, 0) is 6.42 Å². The molecule has 0 unspecified atom stereocenters. The van der Waals surface area contributed by atoms with E-state index < -0.39 is 0 Å². The van der Waals surface area contributed by atoms with Crippen molar-refractivity contribution in [1.82, 2.24) is 14.8 Å². The van der Waals surface area contributed by atoms with Crippen LogP contribution in [-0.4, -0.2) is 14.8 Å². The molecule has 0 N–H and O–H groups in total. The van der Waals surface area contributed by atoms with Crippen molar-refractivity contribution in [3.8, 4) is 0 Å². The van der Waals surface area contributed by atoms with Gasteiger partial charge in [0.05, 0.1) is 17.3 Å². The number of hydrogen-bond acceptors (Lipinski definition) is 2. The van der Waals surface area contributed by atoms with Gasteiger partial charge in [0.2, 0.25) is 0 Å². The highest BCUT2D eigenvalue weighted by Gasteiger charge is 2.20. The summed E-state index contributed by atoms with van der Waals surface area (Å²) in [5.74, 6) is 0. The molecule has 0 saturated heterocycles. The van der Waals surface area contributed by atoms with Crippen LogP contribution in [0, 0.1) is 0 Å². The molecule has 1 aliphatic carbocycles. The molecule has 0 aliphatic heterocycles. The van der Waals surface area contributed by atoms with Crippen LogP contribution < -0.4 is 0 Å². The third-order valence-electron chi connectivity index (χ3n) is 6.45. The highest BCUT2D eigenvalue weighted by atomic mass is 15.3. The predicted octanol–water partition coefficient (Wildman–Crippen LogP) is 7.09. The van der Waals surface area contributed by atoms with Gasteiger partial charge in [0.25, 0.3) is 0 Å². The Morgan fingerprint density at radius 1 is 0.935 bits per heavy atom. The van der Waals surface area contributed by atoms with Gasteiger partial charge in [-0.25, -0.2) is 0 Å². The summed E-state index contributed by atoms with van der Waals surface area (Å²) in [4.78, 5) is 4.17. The SMILES string of the molecule is CCc1nn(C2CCCCC2)c2cc(/C(=C\c3ccncc3)c3ccccc3)ccc12. The van der Waals surface area contributed by atoms with E-state index in [0.29, 0.717) is 6.04 Å². The lowest BCUT2D eigenvalue weighted by Crippen LogP contribution is -2.14. The van der Waals surface area contributed by atoms with Crippen molar-refractivity contribution < 1.29 is 0 Å². The largest absolute Gasteiger partial charge is 0.265 e. The molecule has 4 aromatic rings. The Bertz CT molecular complexity index is 1180. The van der Waals surface area contributed by atoms with Crippen molar-refractivity contribution in [2.45, 2.75) is 51.5 Å². The number of pyridine rings is 1. The summed E-state index contributed by atoms with van der Waals surface area (Å²) in [7, 11) is 0. The van der Waals surface area contributed by atoms with E-state index in [-0.39, 0.29) is 0 Å². The number of hydrogen-bond donors (Lipinski definition) is 0. The fourth-order valence-corrected chi connectivity index (χ4v) is 4.81. The van der Waals surface area contributed by atoms with Crippen molar-refractivity contribution in [1.29, 1.82) is 0 Å². The molecule has 3 heteroatoms. The monoisotopic (exact) mass is 407 g/mol. The summed E-state index contributed by atoms with van der Waals surface area (Å²) in [6.45, 7) is 2.21. The van der Waals surface area contributed by atoms with E-state index in [1.54, 1.807) is 0 Å². The second-order valence-corrected chi connectivity index (χ2v) is 8.47. The van der Waals surface area contributed by atoms with E-state index in [9.17, 15) is 0 Å². The second kappa shape index (κ2) is 8.89. The summed E-state index contributed by atoms with van der Waals surface area (Å²) in [5, 5.41) is 6.38. The standard InChI is InChI=1S/C28H29N3/c1-2-27-25-14-13-23(20-28(25)31(30-27)24-11-7-4-8-12-24)26(22-9-5-3-6-10-22)19-21-15-17-29-18-16-21/h3,5-6,9-10,13-20,24H,2,4,7-8,11-12H2,1H3/b26-19-. The minimum absolute atomic E-state index is 0.524. The maximum Gasteiger partial charge on any atom is 0.0700 e. The molecule has 0 amide bonds. The Balaban J connectivity index is 1.67. The van der Waals surface area contributed by atoms with Gasteiger partial charge in [0, 0.05) is 17.8 Å². The molecule has 5 rings (SSSR count). The number of nitrogens with zero attached hydrogens (tertiary/aromatic N) is 3. The summed E-state index contributed by atoms with van der Waals surface area (Å²) >= 11 is 0. The predicted molar refractivity (Wildman–Crippen MR) is 129 cm³/mol. The molecule has 0 atom stereocenters. The summed E-state index contributed by atoms with van der Waals surface area (Å²) in [6.07, 6.45) is 13.4. The lowest BCUT2D eigenvalue weighted by molar-refractivity contribution is 0.336. The van der Waals surface area contributed by atoms with Gasteiger partial charge in [-0.2, -0.15) is 5.10 Å². The first-order valence-electron chi connectivity index (χ1n) is 11.5. The highest BCUT2D eigenvalue weighted by Crippen LogP contribution is 2.34. The Morgan fingerprint density at radius 2 is 1.71 bits per heavy atom. The molecular formula is C28H29N3. The zero-order chi connectivity index (χ0) is 21.0. The second-order valence-electron chi connectivity index (χ2n) is 8.47. The van der Waals surface area contributed by atoms with E-state index in [2.05, 4.69) is 83.3 Å². The first-order valence-corrected chi connectivity index (χ1v) is 11.5. The first-order chi connectivity index (χ1) is 15.3. The first kappa shape index (κ1) is 19.7. The molecule has 31 heavy (non-hydrogen) atoms. The van der Waals surface area contributed by atoms with Crippen LogP contribution in [0.4, 0.5) is 0 Å². The summed E-state index contributed by atoms with van der Waals surface area (Å²) in [6, 6.07) is 22.2. The molecule has 2 aromatic carbocycles. The zero-order valence-corrected chi connectivity index (χ0v) is 18.2. The number of fused-ring (bicyclic) bond motifs is 1. The molecule has 1 aliphatic rings. The zero-order valence-electron chi connectivity index (χ0n) is 18.2. The van der Waals surface area contributed by atoms with Gasteiger partial charge in [0.15, 0.2) is 0 Å². The molecule has 2 aromatic heterocycles. The van der Waals surface area contributed by atoms with Gasteiger partial charge in [-0.1, -0.05) is 68.7 Å². The van der Waals surface area contributed by atoms with Crippen LogP contribution >= 0.6 is 0 Å². The molecule has 156 valence electrons. The van der Waals surface area contributed by atoms with Gasteiger partial charge in [-0.05, 0) is 65.8 Å². The highest BCUT2D eigenvalue weighted by molar-refractivity contribution is 5.95. The van der Waals surface area contributed by atoms with Crippen molar-refractivity contribution >= 4 is 22.6 Å². The van der Waals surface area contributed by atoms with Crippen molar-refractivity contribution in [3.05, 3.63) is 95.4 Å². The summed E-state index contributed by atoms with van der Waals surface area (Å²) < 4.78 is 2.34. The van der Waals surface area contributed by atoms with E-state index >= 15 is 0 Å². The number of aromatic nitrogens is 3. The third kappa shape index (κ3) is 4.05. The van der Waals surface area contributed by atoms with Crippen molar-refractivity contribution in [3.63, 3.8) is 0 Å². The lowest BCUT2D eigenvalue weighted by atomic mass is 9.94. The molecule has 0 radical (unpaired) electrons. The Morgan fingerprint density at radius 3 is 2.45 bits per heavy atom.